The molecule has 0 aliphatic rings. The minimum absolute atomic E-state index is 0. The van der Waals surface area contributed by atoms with Gasteiger partial charge in [-0.05, 0) is 24.3 Å². The van der Waals surface area contributed by atoms with Gasteiger partial charge in [0.2, 0.25) is 0 Å². The monoisotopic (exact) mass is 646 g/mol. The summed E-state index contributed by atoms with van der Waals surface area (Å²) in [6, 6.07) is 6.95. The van der Waals surface area contributed by atoms with E-state index in [1.165, 1.54) is 0 Å². The molecule has 0 fully saturated rings. The van der Waals surface area contributed by atoms with Gasteiger partial charge in [-0.25, -0.2) is 8.42 Å². The van der Waals surface area contributed by atoms with Gasteiger partial charge in [0.05, 0.1) is 0 Å². The van der Waals surface area contributed by atoms with E-state index in [2.05, 4.69) is 29.9 Å². The van der Waals surface area contributed by atoms with E-state index in [1.54, 1.807) is 49.1 Å². The second-order valence-electron chi connectivity index (χ2n) is 3.23. The Morgan fingerprint density at radius 3 is 1.03 bits per heavy atom. The summed E-state index contributed by atoms with van der Waals surface area (Å²) in [6.07, 6.45) is 6.62. The van der Waals surface area contributed by atoms with Crippen LogP contribution in [-0.4, -0.2) is 28.4 Å². The maximum absolute atomic E-state index is 10.7. The smallest absolute Gasteiger partial charge is 0 e. The fourth-order valence-electron chi connectivity index (χ4n) is 0.667. The minimum Gasteiger partial charge on any atom is 0 e. The van der Waals surface area contributed by atoms with Gasteiger partial charge < -0.3 is 4.55 Å². The summed E-state index contributed by atoms with van der Waals surface area (Å²) in [5, 5.41) is 1.46. The summed E-state index contributed by atoms with van der Waals surface area (Å²) in [6.45, 7) is 13.5. The number of halogens is 5. The number of nitrogens with zero attached hydrogens (tertiary/aromatic N) is 2. The maximum atomic E-state index is 10.7. The van der Waals surface area contributed by atoms with Crippen LogP contribution in [0.1, 0.15) is 0 Å². The molecule has 2 aromatic heterocycles. The van der Waals surface area contributed by atoms with E-state index >= 15 is 0 Å². The number of alkyl halides is 3. The molecule has 2 heterocycles. The molecular formula is C14H8Cl2F3N2O6ReS-. The second kappa shape index (κ2) is 24.5. The molecule has 2 aromatic rings. The zero-order chi connectivity index (χ0) is 23.2. The van der Waals surface area contributed by atoms with Crippen molar-refractivity contribution in [3.63, 3.8) is 0 Å². The van der Waals surface area contributed by atoms with Crippen molar-refractivity contribution in [3.05, 3.63) is 79.0 Å². The van der Waals surface area contributed by atoms with Crippen molar-refractivity contribution < 1.29 is 60.5 Å². The van der Waals surface area contributed by atoms with Crippen molar-refractivity contribution in [2.45, 2.75) is 5.51 Å². The van der Waals surface area contributed by atoms with E-state index in [9.17, 15) is 13.2 Å². The average molecular weight is 646 g/mol. The summed E-state index contributed by atoms with van der Waals surface area (Å²) < 4.78 is 81.4. The van der Waals surface area contributed by atoms with Crippen LogP contribution < -0.4 is 0 Å². The van der Waals surface area contributed by atoms with Gasteiger partial charge in [-0.15, -0.1) is 0 Å². The zero-order valence-electron chi connectivity index (χ0n) is 13.6. The maximum Gasteiger partial charge on any atom is 0 e. The van der Waals surface area contributed by atoms with E-state index in [0.717, 1.165) is 10.0 Å². The quantitative estimate of drug-likeness (QED) is 0.187. The Morgan fingerprint density at radius 1 is 0.793 bits per heavy atom. The molecule has 0 aromatic carbocycles. The molecule has 0 amide bonds. The van der Waals surface area contributed by atoms with E-state index in [1.807, 2.05) is 0 Å². The van der Waals surface area contributed by atoms with Crippen LogP contribution in [0.15, 0.2) is 49.1 Å². The molecule has 0 aliphatic heterocycles. The molecular weight excluding hydrogens is 638 g/mol. The summed E-state index contributed by atoms with van der Waals surface area (Å²) in [5.41, 5.74) is -5.65. The van der Waals surface area contributed by atoms with Gasteiger partial charge in [0.15, 0.2) is 10.1 Å². The molecule has 0 saturated heterocycles. The Bertz CT molecular complexity index is 725. The summed E-state index contributed by atoms with van der Waals surface area (Å²) in [5.74, 6) is 0. The van der Waals surface area contributed by atoms with Gasteiger partial charge in [0.25, 0.3) is 0 Å². The molecule has 0 saturated carbocycles. The first-order valence-corrected chi connectivity index (χ1v) is 7.95. The number of rotatable bonds is 0. The normalized spacial score (nSPS) is 8.28. The van der Waals surface area contributed by atoms with Crippen LogP contribution in [0.5, 0.6) is 0 Å². The van der Waals surface area contributed by atoms with Crippen molar-refractivity contribution in [2.24, 2.45) is 0 Å². The number of aromatic nitrogens is 2. The predicted molar refractivity (Wildman–Crippen MR) is 86.0 cm³/mol. The molecule has 8 nitrogen and oxygen atoms in total. The van der Waals surface area contributed by atoms with Crippen LogP contribution in [-0.2, 0) is 44.5 Å². The SMILES string of the molecule is Clc1ccncc1.Clc1ccncc1.O=S(=O)([O-])C(F)(F)F.[C-]#[O+].[C-]#[O+].[C-]#[O+].[Re]. The van der Waals surface area contributed by atoms with E-state index in [4.69, 9.17) is 50.1 Å². The molecule has 0 spiro atoms. The van der Waals surface area contributed by atoms with Crippen LogP contribution >= 0.6 is 23.2 Å². The molecule has 159 valence electrons. The Balaban J connectivity index is -0.0000000865. The molecule has 29 heavy (non-hydrogen) atoms. The third-order valence-electron chi connectivity index (χ3n) is 1.56. The van der Waals surface area contributed by atoms with E-state index in [0.29, 0.717) is 0 Å². The van der Waals surface area contributed by atoms with Crippen molar-refractivity contribution in [2.75, 3.05) is 0 Å². The van der Waals surface area contributed by atoms with Crippen molar-refractivity contribution in [1.29, 1.82) is 0 Å². The fourth-order valence-corrected chi connectivity index (χ4v) is 0.893. The molecule has 1 radical (unpaired) electrons. The van der Waals surface area contributed by atoms with Gasteiger partial charge in [0.1, 0.15) is 0 Å². The second-order valence-corrected chi connectivity index (χ2v) is 5.47. The minimum atomic E-state index is -6.09. The van der Waals surface area contributed by atoms with Gasteiger partial charge in [-0.1, -0.05) is 23.2 Å². The van der Waals surface area contributed by atoms with Gasteiger partial charge in [0, 0.05) is 55.3 Å². The Labute approximate surface area is 188 Å². The van der Waals surface area contributed by atoms with Crippen molar-refractivity contribution in [3.8, 4) is 0 Å². The number of hydrogen-bond donors (Lipinski definition) is 0. The summed E-state index contributed by atoms with van der Waals surface area (Å²) in [4.78, 5) is 7.52. The van der Waals surface area contributed by atoms with Gasteiger partial charge in [-0.2, -0.15) is 13.2 Å². The molecule has 15 heteroatoms. The van der Waals surface area contributed by atoms with Crippen LogP contribution in [0, 0.1) is 20.0 Å². The zero-order valence-corrected chi connectivity index (χ0v) is 18.7. The molecule has 0 aliphatic carbocycles. The Kier molecular flexibility index (Phi) is 32.2. The summed E-state index contributed by atoms with van der Waals surface area (Å²) >= 11 is 11.0. The summed E-state index contributed by atoms with van der Waals surface area (Å²) in [7, 11) is -6.09. The fraction of sp³-hybridized carbons (Fsp3) is 0.0714. The molecule has 2 rings (SSSR count). The van der Waals surface area contributed by atoms with Crippen LogP contribution in [0.4, 0.5) is 13.2 Å². The average Bonchev–Trinajstić information content (AvgIpc) is 2.67. The van der Waals surface area contributed by atoms with Crippen molar-refractivity contribution in [1.82, 2.24) is 9.97 Å². The number of pyridine rings is 2. The first-order valence-electron chi connectivity index (χ1n) is 5.78. The van der Waals surface area contributed by atoms with Gasteiger partial charge in [-0.3, -0.25) is 9.97 Å². The van der Waals surface area contributed by atoms with Crippen LogP contribution in [0.3, 0.4) is 0 Å². The topological polar surface area (TPSA) is 143 Å². The molecule has 0 bridgehead atoms. The largest absolute Gasteiger partial charge is 0 e. The third-order valence-corrected chi connectivity index (χ3v) is 2.63. The Morgan fingerprint density at radius 2 is 0.966 bits per heavy atom. The van der Waals surface area contributed by atoms with E-state index in [-0.39, 0.29) is 20.4 Å². The third kappa shape index (κ3) is 28.8. The predicted octanol–water partition coefficient (Wildman–Crippen LogP) is 3.41. The van der Waals surface area contributed by atoms with E-state index < -0.39 is 15.6 Å². The number of hydrogen-bond acceptors (Lipinski definition) is 5. The van der Waals surface area contributed by atoms with Crippen LogP contribution in [0.25, 0.3) is 0 Å². The van der Waals surface area contributed by atoms with Crippen molar-refractivity contribution >= 4 is 33.3 Å². The molecule has 0 atom stereocenters. The first kappa shape index (κ1) is 38.1. The first-order chi connectivity index (χ1) is 13.0. The molecule has 0 N–H and O–H groups in total. The Hall–Kier alpha value is -1.54. The van der Waals surface area contributed by atoms with Crippen LogP contribution in [0.2, 0.25) is 10.0 Å². The van der Waals surface area contributed by atoms with Gasteiger partial charge >= 0.3 is 39.4 Å². The molecule has 0 unspecified atom stereocenters. The standard InChI is InChI=1S/2C5H4ClN.CHF3O3S.3CO.Re/c2*6-5-1-3-7-4-2-5;2-1(3,4)8(5,6)7;3*1-2;/h2*1-4H;(H,5,6,7);;;;/p-1.